The van der Waals surface area contributed by atoms with E-state index < -0.39 is 0 Å². The summed E-state index contributed by atoms with van der Waals surface area (Å²) >= 11 is 0. The Morgan fingerprint density at radius 1 is 1.22 bits per heavy atom. The van der Waals surface area contributed by atoms with Gasteiger partial charge in [-0.3, -0.25) is 4.90 Å². The van der Waals surface area contributed by atoms with Gasteiger partial charge in [0.15, 0.2) is 0 Å². The summed E-state index contributed by atoms with van der Waals surface area (Å²) in [5.74, 6) is 2.65. The van der Waals surface area contributed by atoms with Crippen LogP contribution in [0.25, 0.3) is 0 Å². The molecule has 3 nitrogen and oxygen atoms in total. The van der Waals surface area contributed by atoms with Crippen molar-refractivity contribution in [3.8, 4) is 11.5 Å². The van der Waals surface area contributed by atoms with Gasteiger partial charge in [0.25, 0.3) is 0 Å². The molecule has 0 spiro atoms. The van der Waals surface area contributed by atoms with Gasteiger partial charge >= 0.3 is 0 Å². The molecule has 130 valence electrons. The van der Waals surface area contributed by atoms with E-state index >= 15 is 0 Å². The zero-order valence-corrected chi connectivity index (χ0v) is 15.3. The minimum atomic E-state index is 0.492. The fourth-order valence-electron chi connectivity index (χ4n) is 3.74. The molecule has 0 N–H and O–H groups in total. The Hall–Kier alpha value is -1.22. The highest BCUT2D eigenvalue weighted by atomic mass is 16.5. The lowest BCUT2D eigenvalue weighted by Gasteiger charge is -2.30. The summed E-state index contributed by atoms with van der Waals surface area (Å²) in [6.07, 6.45) is 7.80. The molecule has 2 atom stereocenters. The zero-order chi connectivity index (χ0) is 16.7. The summed E-state index contributed by atoms with van der Waals surface area (Å²) in [5, 5.41) is 0. The van der Waals surface area contributed by atoms with Gasteiger partial charge in [0, 0.05) is 24.2 Å². The number of nitrogens with zero attached hydrogens (tertiary/aromatic N) is 1. The van der Waals surface area contributed by atoms with Crippen LogP contribution in [0.5, 0.6) is 11.5 Å². The van der Waals surface area contributed by atoms with Crippen LogP contribution in [0.15, 0.2) is 18.2 Å². The Kier molecular flexibility index (Phi) is 7.22. The maximum atomic E-state index is 5.64. The first kappa shape index (κ1) is 18.1. The average Bonchev–Trinajstić information content (AvgIpc) is 3.05. The van der Waals surface area contributed by atoms with Crippen LogP contribution in [0.4, 0.5) is 0 Å². The van der Waals surface area contributed by atoms with Crippen molar-refractivity contribution in [2.45, 2.75) is 58.4 Å². The third-order valence-corrected chi connectivity index (χ3v) is 5.20. The van der Waals surface area contributed by atoms with Crippen LogP contribution in [0.2, 0.25) is 0 Å². The highest BCUT2D eigenvalue weighted by molar-refractivity contribution is 5.42. The Bertz CT molecular complexity index is 475. The smallest absolute Gasteiger partial charge is 0.127 e. The van der Waals surface area contributed by atoms with E-state index in [2.05, 4.69) is 30.9 Å². The predicted octanol–water partition coefficient (Wildman–Crippen LogP) is 5.06. The lowest BCUT2D eigenvalue weighted by molar-refractivity contribution is 0.201. The molecule has 1 aromatic carbocycles. The fourth-order valence-corrected chi connectivity index (χ4v) is 3.74. The molecule has 0 radical (unpaired) electrons. The maximum Gasteiger partial charge on any atom is 0.127 e. The first-order valence-corrected chi connectivity index (χ1v) is 9.19. The van der Waals surface area contributed by atoms with Gasteiger partial charge in [0.1, 0.15) is 11.5 Å². The van der Waals surface area contributed by atoms with E-state index in [-0.39, 0.29) is 0 Å². The summed E-state index contributed by atoms with van der Waals surface area (Å²) in [6, 6.07) is 6.75. The maximum absolute atomic E-state index is 5.64. The molecular weight excluding hydrogens is 286 g/mol. The first-order chi connectivity index (χ1) is 11.2. The van der Waals surface area contributed by atoms with Gasteiger partial charge < -0.3 is 9.47 Å². The van der Waals surface area contributed by atoms with Gasteiger partial charge in [-0.25, -0.2) is 0 Å². The van der Waals surface area contributed by atoms with Gasteiger partial charge in [0.2, 0.25) is 0 Å². The zero-order valence-electron chi connectivity index (χ0n) is 15.3. The molecule has 0 saturated carbocycles. The molecule has 1 aliphatic rings. The van der Waals surface area contributed by atoms with Crippen LogP contribution < -0.4 is 9.47 Å². The quantitative estimate of drug-likeness (QED) is 0.635. The van der Waals surface area contributed by atoms with Gasteiger partial charge in [0.05, 0.1) is 14.2 Å². The molecule has 0 bridgehead atoms. The van der Waals surface area contributed by atoms with Crippen LogP contribution in [0.3, 0.4) is 0 Å². The highest BCUT2D eigenvalue weighted by Gasteiger charge is 2.29. The number of hydrogen-bond donors (Lipinski definition) is 0. The van der Waals surface area contributed by atoms with E-state index in [0.29, 0.717) is 6.04 Å². The molecule has 1 aliphatic heterocycles. The molecule has 2 unspecified atom stereocenters. The van der Waals surface area contributed by atoms with Gasteiger partial charge in [-0.15, -0.1) is 0 Å². The minimum absolute atomic E-state index is 0.492. The Morgan fingerprint density at radius 2 is 2.04 bits per heavy atom. The van der Waals surface area contributed by atoms with Crippen LogP contribution in [-0.4, -0.2) is 32.2 Å². The van der Waals surface area contributed by atoms with Crippen molar-refractivity contribution in [2.75, 3.05) is 27.3 Å². The molecule has 0 amide bonds. The van der Waals surface area contributed by atoms with Crippen LogP contribution in [-0.2, 0) is 0 Å². The Balaban J connectivity index is 2.11. The molecule has 1 fully saturated rings. The number of unbranched alkanes of at least 4 members (excludes halogenated alkanes) is 1. The molecule has 0 aliphatic carbocycles. The van der Waals surface area contributed by atoms with Crippen molar-refractivity contribution in [1.29, 1.82) is 0 Å². The summed E-state index contributed by atoms with van der Waals surface area (Å²) < 4.78 is 11.0. The average molecular weight is 319 g/mol. The second-order valence-corrected chi connectivity index (χ2v) is 6.68. The summed E-state index contributed by atoms with van der Waals surface area (Å²) in [6.45, 7) is 7.05. The lowest BCUT2D eigenvalue weighted by atomic mass is 9.97. The summed E-state index contributed by atoms with van der Waals surface area (Å²) in [5.41, 5.74) is 1.32. The minimum Gasteiger partial charge on any atom is -0.497 e. The second kappa shape index (κ2) is 9.17. The monoisotopic (exact) mass is 319 g/mol. The molecule has 0 aromatic heterocycles. The van der Waals surface area contributed by atoms with E-state index in [0.717, 1.165) is 17.4 Å². The molecule has 1 aromatic rings. The predicted molar refractivity (Wildman–Crippen MR) is 96.4 cm³/mol. The number of ether oxygens (including phenoxy) is 2. The SMILES string of the molecule is CCCCC(CC)CN1CCCC1c1ccc(OC)cc1OC. The van der Waals surface area contributed by atoms with Crippen molar-refractivity contribution in [3.05, 3.63) is 23.8 Å². The van der Waals surface area contributed by atoms with Crippen molar-refractivity contribution in [3.63, 3.8) is 0 Å². The van der Waals surface area contributed by atoms with Crippen molar-refractivity contribution >= 4 is 0 Å². The molecule has 3 heteroatoms. The second-order valence-electron chi connectivity index (χ2n) is 6.68. The van der Waals surface area contributed by atoms with E-state index in [4.69, 9.17) is 9.47 Å². The lowest BCUT2D eigenvalue weighted by Crippen LogP contribution is -2.29. The van der Waals surface area contributed by atoms with Crippen molar-refractivity contribution in [1.82, 2.24) is 4.90 Å². The van der Waals surface area contributed by atoms with Gasteiger partial charge in [-0.1, -0.05) is 39.2 Å². The molecule has 1 saturated heterocycles. The largest absolute Gasteiger partial charge is 0.497 e. The van der Waals surface area contributed by atoms with Gasteiger partial charge in [-0.2, -0.15) is 0 Å². The normalized spacial score (nSPS) is 19.7. The first-order valence-electron chi connectivity index (χ1n) is 9.19. The third-order valence-electron chi connectivity index (χ3n) is 5.20. The highest BCUT2D eigenvalue weighted by Crippen LogP contribution is 2.39. The van der Waals surface area contributed by atoms with E-state index in [1.165, 1.54) is 57.2 Å². The van der Waals surface area contributed by atoms with E-state index in [9.17, 15) is 0 Å². The topological polar surface area (TPSA) is 21.7 Å². The van der Waals surface area contributed by atoms with Crippen molar-refractivity contribution < 1.29 is 9.47 Å². The molecule has 1 heterocycles. The van der Waals surface area contributed by atoms with Crippen LogP contribution >= 0.6 is 0 Å². The standard InChI is InChI=1S/C20H33NO2/c1-5-7-9-16(6-2)15-21-13-8-10-19(21)18-12-11-17(22-3)14-20(18)23-4/h11-12,14,16,19H,5-10,13,15H2,1-4H3. The third kappa shape index (κ3) is 4.63. The summed E-state index contributed by atoms with van der Waals surface area (Å²) in [7, 11) is 3.46. The molecule has 23 heavy (non-hydrogen) atoms. The number of methoxy groups -OCH3 is 2. The summed E-state index contributed by atoms with van der Waals surface area (Å²) in [4.78, 5) is 2.67. The Labute approximate surface area is 142 Å². The molecule has 2 rings (SSSR count). The van der Waals surface area contributed by atoms with Crippen molar-refractivity contribution in [2.24, 2.45) is 5.92 Å². The molecular formula is C20H33NO2. The number of hydrogen-bond acceptors (Lipinski definition) is 3. The number of likely N-dealkylation sites (tertiary alicyclic amines) is 1. The fraction of sp³-hybridized carbons (Fsp3) is 0.700. The van der Waals surface area contributed by atoms with E-state index in [1.807, 2.05) is 6.07 Å². The Morgan fingerprint density at radius 3 is 2.70 bits per heavy atom. The number of benzene rings is 1. The van der Waals surface area contributed by atoms with Crippen LogP contribution in [0, 0.1) is 5.92 Å². The number of rotatable bonds is 9. The van der Waals surface area contributed by atoms with Gasteiger partial charge in [-0.05, 0) is 37.8 Å². The van der Waals surface area contributed by atoms with Crippen LogP contribution in [0.1, 0.15) is 64.0 Å². The van der Waals surface area contributed by atoms with E-state index in [1.54, 1.807) is 14.2 Å².